The fourth-order valence-electron chi connectivity index (χ4n) is 1.68. The summed E-state index contributed by atoms with van der Waals surface area (Å²) in [6.07, 6.45) is -4.69. The molecule has 0 aliphatic carbocycles. The quantitative estimate of drug-likeness (QED) is 0.753. The van der Waals surface area contributed by atoms with Gasteiger partial charge in [0.25, 0.3) is 0 Å². The molecule has 16 heavy (non-hydrogen) atoms. The summed E-state index contributed by atoms with van der Waals surface area (Å²) in [6.45, 7) is 1.74. The van der Waals surface area contributed by atoms with Gasteiger partial charge < -0.3 is 4.74 Å². The second kappa shape index (κ2) is 3.40. The Bertz CT molecular complexity index is 531. The Kier molecular flexibility index (Phi) is 2.29. The van der Waals surface area contributed by atoms with E-state index in [4.69, 9.17) is 0 Å². The zero-order valence-electron chi connectivity index (χ0n) is 8.67. The summed E-state index contributed by atoms with van der Waals surface area (Å²) in [5, 5.41) is 4.71. The van der Waals surface area contributed by atoms with Gasteiger partial charge in [-0.1, -0.05) is 12.1 Å². The van der Waals surface area contributed by atoms with E-state index >= 15 is 0 Å². The number of hydrogen-bond donors (Lipinski definition) is 0. The van der Waals surface area contributed by atoms with Crippen molar-refractivity contribution in [2.24, 2.45) is 7.05 Å². The molecule has 0 radical (unpaired) electrons. The predicted molar refractivity (Wildman–Crippen MR) is 52.1 cm³/mol. The van der Waals surface area contributed by atoms with Gasteiger partial charge in [-0.2, -0.15) is 5.10 Å². The average molecular weight is 230 g/mol. The number of ether oxygens (including phenoxy) is 1. The number of fused-ring (bicyclic) bond motifs is 1. The minimum Gasteiger partial charge on any atom is -0.403 e. The van der Waals surface area contributed by atoms with Gasteiger partial charge in [0.2, 0.25) is 0 Å². The number of benzene rings is 1. The molecule has 0 saturated heterocycles. The van der Waals surface area contributed by atoms with Crippen molar-refractivity contribution in [3.05, 3.63) is 23.9 Å². The van der Waals surface area contributed by atoms with Gasteiger partial charge in [0.05, 0.1) is 5.69 Å². The highest BCUT2D eigenvalue weighted by molar-refractivity contribution is 5.87. The molecule has 0 atom stereocenters. The van der Waals surface area contributed by atoms with Crippen LogP contribution in [0.2, 0.25) is 0 Å². The fraction of sp³-hybridized carbons (Fsp3) is 0.300. The SMILES string of the molecule is Cc1nn(C)c2c(OC(F)(F)F)cccc12. The maximum atomic E-state index is 12.2. The first kappa shape index (κ1) is 10.8. The number of hydrogen-bond acceptors (Lipinski definition) is 2. The van der Waals surface area contributed by atoms with Crippen LogP contribution in [0.15, 0.2) is 18.2 Å². The topological polar surface area (TPSA) is 27.1 Å². The summed E-state index contributed by atoms with van der Waals surface area (Å²) in [5.41, 5.74) is 1.02. The van der Waals surface area contributed by atoms with Crippen molar-refractivity contribution in [3.8, 4) is 5.75 Å². The van der Waals surface area contributed by atoms with Crippen LogP contribution >= 0.6 is 0 Å². The number of nitrogens with zero attached hydrogens (tertiary/aromatic N) is 2. The maximum absolute atomic E-state index is 12.2. The van der Waals surface area contributed by atoms with Crippen molar-refractivity contribution in [2.45, 2.75) is 13.3 Å². The predicted octanol–water partition coefficient (Wildman–Crippen LogP) is 2.78. The summed E-state index contributed by atoms with van der Waals surface area (Å²) in [5.74, 6) is -0.229. The molecule has 0 saturated carbocycles. The third-order valence-electron chi connectivity index (χ3n) is 2.24. The number of rotatable bonds is 1. The van der Waals surface area contributed by atoms with Crippen molar-refractivity contribution in [2.75, 3.05) is 0 Å². The van der Waals surface area contributed by atoms with Gasteiger partial charge in [0.15, 0.2) is 5.75 Å². The lowest BCUT2D eigenvalue weighted by atomic mass is 10.2. The van der Waals surface area contributed by atoms with Crippen molar-refractivity contribution in [1.82, 2.24) is 9.78 Å². The minimum absolute atomic E-state index is 0.229. The molecule has 0 unspecified atom stereocenters. The molecule has 1 heterocycles. The van der Waals surface area contributed by atoms with Crippen LogP contribution in [0.25, 0.3) is 10.9 Å². The lowest BCUT2D eigenvalue weighted by molar-refractivity contribution is -0.274. The molecule has 1 aromatic heterocycles. The van der Waals surface area contributed by atoms with Crippen molar-refractivity contribution < 1.29 is 17.9 Å². The molecule has 0 fully saturated rings. The third kappa shape index (κ3) is 1.82. The van der Waals surface area contributed by atoms with Crippen molar-refractivity contribution >= 4 is 10.9 Å². The van der Waals surface area contributed by atoms with E-state index in [9.17, 15) is 13.2 Å². The van der Waals surface area contributed by atoms with Gasteiger partial charge in [0, 0.05) is 12.4 Å². The van der Waals surface area contributed by atoms with Crippen molar-refractivity contribution in [3.63, 3.8) is 0 Å². The summed E-state index contributed by atoms with van der Waals surface area (Å²) < 4.78 is 41.8. The standard InChI is InChI=1S/C10H9F3N2O/c1-6-7-4-3-5-8(16-10(11,12)13)9(7)15(2)14-6/h3-5H,1-2H3. The molecular formula is C10H9F3N2O. The van der Waals surface area contributed by atoms with Crippen LogP contribution < -0.4 is 4.74 Å². The second-order valence-corrected chi connectivity index (χ2v) is 3.41. The zero-order chi connectivity index (χ0) is 11.9. The lowest BCUT2D eigenvalue weighted by Gasteiger charge is -2.10. The monoisotopic (exact) mass is 230 g/mol. The zero-order valence-corrected chi connectivity index (χ0v) is 8.67. The Morgan fingerprint density at radius 1 is 1.31 bits per heavy atom. The van der Waals surface area contributed by atoms with E-state index < -0.39 is 6.36 Å². The van der Waals surface area contributed by atoms with Gasteiger partial charge in [-0.3, -0.25) is 4.68 Å². The molecule has 6 heteroatoms. The maximum Gasteiger partial charge on any atom is 0.573 e. The molecule has 0 bridgehead atoms. The third-order valence-corrected chi connectivity index (χ3v) is 2.24. The molecule has 86 valence electrons. The molecule has 0 aliphatic rings. The smallest absolute Gasteiger partial charge is 0.403 e. The summed E-state index contributed by atoms with van der Waals surface area (Å²) in [7, 11) is 1.58. The molecule has 0 amide bonds. The van der Waals surface area contributed by atoms with E-state index in [1.165, 1.54) is 16.8 Å². The van der Waals surface area contributed by atoms with E-state index in [1.54, 1.807) is 20.0 Å². The van der Waals surface area contributed by atoms with Gasteiger partial charge in [-0.15, -0.1) is 13.2 Å². The van der Waals surface area contributed by atoms with E-state index in [0.717, 1.165) is 0 Å². The highest BCUT2D eigenvalue weighted by Gasteiger charge is 2.32. The minimum atomic E-state index is -4.69. The van der Waals surface area contributed by atoms with E-state index in [2.05, 4.69) is 9.84 Å². The summed E-state index contributed by atoms with van der Waals surface area (Å²) in [4.78, 5) is 0. The van der Waals surface area contributed by atoms with Crippen LogP contribution in [0.3, 0.4) is 0 Å². The number of halogens is 3. The molecular weight excluding hydrogens is 221 g/mol. The number of aromatic nitrogens is 2. The molecule has 0 N–H and O–H groups in total. The van der Waals surface area contributed by atoms with Gasteiger partial charge in [0.1, 0.15) is 5.52 Å². The molecule has 0 aliphatic heterocycles. The van der Waals surface area contributed by atoms with E-state index in [-0.39, 0.29) is 5.75 Å². The number of para-hydroxylation sites is 1. The van der Waals surface area contributed by atoms with Gasteiger partial charge in [-0.05, 0) is 13.0 Å². The Morgan fingerprint density at radius 2 is 2.00 bits per heavy atom. The summed E-state index contributed by atoms with van der Waals surface area (Å²) in [6, 6.07) is 4.50. The molecule has 2 aromatic rings. The summed E-state index contributed by atoms with van der Waals surface area (Å²) >= 11 is 0. The van der Waals surface area contributed by atoms with E-state index in [1.807, 2.05) is 0 Å². The Labute approximate surface area is 89.4 Å². The van der Waals surface area contributed by atoms with Crippen LogP contribution in [0.5, 0.6) is 5.75 Å². The fourth-order valence-corrected chi connectivity index (χ4v) is 1.68. The van der Waals surface area contributed by atoms with Crippen LogP contribution in [0.4, 0.5) is 13.2 Å². The molecule has 3 nitrogen and oxygen atoms in total. The second-order valence-electron chi connectivity index (χ2n) is 3.41. The lowest BCUT2D eigenvalue weighted by Crippen LogP contribution is -2.17. The van der Waals surface area contributed by atoms with E-state index in [0.29, 0.717) is 16.6 Å². The van der Waals surface area contributed by atoms with Crippen LogP contribution in [-0.4, -0.2) is 16.1 Å². The van der Waals surface area contributed by atoms with Gasteiger partial charge in [-0.25, -0.2) is 0 Å². The highest BCUT2D eigenvalue weighted by Crippen LogP contribution is 2.31. The molecule has 2 rings (SSSR count). The highest BCUT2D eigenvalue weighted by atomic mass is 19.4. The number of alkyl halides is 3. The first-order valence-electron chi connectivity index (χ1n) is 4.56. The first-order valence-corrected chi connectivity index (χ1v) is 4.56. The van der Waals surface area contributed by atoms with Crippen LogP contribution in [0.1, 0.15) is 5.69 Å². The Hall–Kier alpha value is -1.72. The first-order chi connectivity index (χ1) is 7.38. The van der Waals surface area contributed by atoms with Crippen LogP contribution in [0, 0.1) is 6.92 Å². The van der Waals surface area contributed by atoms with Crippen molar-refractivity contribution in [1.29, 1.82) is 0 Å². The largest absolute Gasteiger partial charge is 0.573 e. The molecule has 0 spiro atoms. The van der Waals surface area contributed by atoms with Crippen LogP contribution in [-0.2, 0) is 7.05 Å². The van der Waals surface area contributed by atoms with Gasteiger partial charge >= 0.3 is 6.36 Å². The Balaban J connectivity index is 2.62. The Morgan fingerprint density at radius 3 is 2.62 bits per heavy atom. The number of aryl methyl sites for hydroxylation is 2. The average Bonchev–Trinajstić information content (AvgIpc) is 2.41. The molecule has 1 aromatic carbocycles. The normalized spacial score (nSPS) is 12.1.